The van der Waals surface area contributed by atoms with Gasteiger partial charge in [-0.1, -0.05) is 30.3 Å². The minimum absolute atomic E-state index is 0.160. The van der Waals surface area contributed by atoms with E-state index >= 15 is 0 Å². The maximum atomic E-state index is 13.8. The van der Waals surface area contributed by atoms with Crippen LogP contribution in [0.4, 0.5) is 15.8 Å². The molecule has 0 aliphatic carbocycles. The lowest BCUT2D eigenvalue weighted by molar-refractivity contribution is -0.140. The SMILES string of the molecule is COC(=O)CCc1ccc(C(=Nc2ccc(S(C)(=O)=O)cc2)C2C(=O)Nc3cc(F)ccc32)cc1. The van der Waals surface area contributed by atoms with Crippen molar-refractivity contribution >= 4 is 38.8 Å². The zero-order chi connectivity index (χ0) is 25.2. The number of methoxy groups -OCH3 is 1. The van der Waals surface area contributed by atoms with Crippen LogP contribution in [0.25, 0.3) is 0 Å². The van der Waals surface area contributed by atoms with Gasteiger partial charge in [0.15, 0.2) is 9.84 Å². The Morgan fingerprint density at radius 1 is 1.06 bits per heavy atom. The molecule has 1 atom stereocenters. The second-order valence-corrected chi connectivity index (χ2v) is 10.2. The van der Waals surface area contributed by atoms with Gasteiger partial charge >= 0.3 is 5.97 Å². The third-order valence-electron chi connectivity index (χ3n) is 5.73. The number of nitrogens with zero attached hydrogens (tertiary/aromatic N) is 1. The zero-order valence-electron chi connectivity index (χ0n) is 19.1. The topological polar surface area (TPSA) is 102 Å². The number of sulfone groups is 1. The van der Waals surface area contributed by atoms with Crippen LogP contribution in [0, 0.1) is 5.82 Å². The average Bonchev–Trinajstić information content (AvgIpc) is 3.15. The van der Waals surface area contributed by atoms with Gasteiger partial charge < -0.3 is 10.1 Å². The quantitative estimate of drug-likeness (QED) is 0.392. The number of hydrogen-bond donors (Lipinski definition) is 1. The van der Waals surface area contributed by atoms with Crippen LogP contribution in [-0.2, 0) is 30.6 Å². The highest BCUT2D eigenvalue weighted by Gasteiger charge is 2.35. The average molecular weight is 495 g/mol. The Morgan fingerprint density at radius 3 is 2.37 bits per heavy atom. The first-order valence-electron chi connectivity index (χ1n) is 10.8. The summed E-state index contributed by atoms with van der Waals surface area (Å²) in [5.74, 6) is -1.90. The molecule has 180 valence electrons. The fraction of sp³-hybridized carbons (Fsp3) is 0.192. The molecular weight excluding hydrogens is 471 g/mol. The minimum Gasteiger partial charge on any atom is -0.469 e. The van der Waals surface area contributed by atoms with Crippen molar-refractivity contribution in [3.63, 3.8) is 0 Å². The van der Waals surface area contributed by atoms with Crippen LogP contribution in [0.3, 0.4) is 0 Å². The summed E-state index contributed by atoms with van der Waals surface area (Å²) in [5.41, 5.74) is 3.45. The van der Waals surface area contributed by atoms with Gasteiger partial charge in [0.1, 0.15) is 11.7 Å². The third kappa shape index (κ3) is 5.46. The molecule has 1 heterocycles. The number of halogens is 1. The van der Waals surface area contributed by atoms with Crippen molar-refractivity contribution in [3.8, 4) is 0 Å². The second-order valence-electron chi connectivity index (χ2n) is 8.19. The number of nitrogens with one attached hydrogen (secondary N) is 1. The zero-order valence-corrected chi connectivity index (χ0v) is 19.9. The Hall–Kier alpha value is -3.85. The summed E-state index contributed by atoms with van der Waals surface area (Å²) in [5, 5.41) is 2.71. The van der Waals surface area contributed by atoms with Crippen molar-refractivity contribution in [3.05, 3.63) is 89.2 Å². The van der Waals surface area contributed by atoms with Gasteiger partial charge in [-0.05, 0) is 59.5 Å². The first-order valence-corrected chi connectivity index (χ1v) is 12.7. The lowest BCUT2D eigenvalue weighted by atomic mass is 9.90. The van der Waals surface area contributed by atoms with E-state index in [1.54, 1.807) is 18.2 Å². The fourth-order valence-corrected chi connectivity index (χ4v) is 4.53. The van der Waals surface area contributed by atoms with Gasteiger partial charge in [0.2, 0.25) is 5.91 Å². The molecule has 1 N–H and O–H groups in total. The van der Waals surface area contributed by atoms with Crippen LogP contribution >= 0.6 is 0 Å². The molecule has 9 heteroatoms. The van der Waals surface area contributed by atoms with Gasteiger partial charge in [-0.3, -0.25) is 14.6 Å². The van der Waals surface area contributed by atoms with Crippen molar-refractivity contribution in [2.24, 2.45) is 4.99 Å². The van der Waals surface area contributed by atoms with Crippen molar-refractivity contribution in [1.82, 2.24) is 0 Å². The number of benzene rings is 3. The number of ether oxygens (including phenoxy) is 1. The number of carbonyl (C=O) groups is 2. The van der Waals surface area contributed by atoms with Crippen molar-refractivity contribution in [2.45, 2.75) is 23.7 Å². The fourth-order valence-electron chi connectivity index (χ4n) is 3.90. The largest absolute Gasteiger partial charge is 0.469 e. The van der Waals surface area contributed by atoms with Gasteiger partial charge in [0.25, 0.3) is 0 Å². The van der Waals surface area contributed by atoms with Crippen LogP contribution in [-0.4, -0.2) is 39.4 Å². The van der Waals surface area contributed by atoms with Gasteiger partial charge in [-0.25, -0.2) is 12.8 Å². The van der Waals surface area contributed by atoms with E-state index in [1.165, 1.54) is 31.4 Å². The maximum absolute atomic E-state index is 13.8. The minimum atomic E-state index is -3.37. The Kier molecular flexibility index (Phi) is 6.79. The number of hydrogen-bond acceptors (Lipinski definition) is 6. The highest BCUT2D eigenvalue weighted by molar-refractivity contribution is 7.90. The Bertz CT molecular complexity index is 1420. The van der Waals surface area contributed by atoms with Crippen LogP contribution in [0.15, 0.2) is 76.6 Å². The van der Waals surface area contributed by atoms with E-state index in [4.69, 9.17) is 4.99 Å². The monoisotopic (exact) mass is 494 g/mol. The van der Waals surface area contributed by atoms with Gasteiger partial charge in [0.05, 0.1) is 23.4 Å². The van der Waals surface area contributed by atoms with Crippen molar-refractivity contribution < 1.29 is 27.1 Å². The Morgan fingerprint density at radius 2 is 1.74 bits per heavy atom. The smallest absolute Gasteiger partial charge is 0.305 e. The molecule has 1 amide bonds. The number of amides is 1. The van der Waals surface area contributed by atoms with E-state index in [1.807, 2.05) is 24.3 Å². The van der Waals surface area contributed by atoms with Crippen LogP contribution in [0.5, 0.6) is 0 Å². The lowest BCUT2D eigenvalue weighted by Crippen LogP contribution is -2.22. The number of rotatable bonds is 7. The summed E-state index contributed by atoms with van der Waals surface area (Å²) in [6.07, 6.45) is 1.86. The Balaban J connectivity index is 1.75. The first-order chi connectivity index (χ1) is 16.7. The summed E-state index contributed by atoms with van der Waals surface area (Å²) in [6, 6.07) is 17.5. The highest BCUT2D eigenvalue weighted by Crippen LogP contribution is 2.37. The number of anilines is 1. The highest BCUT2D eigenvalue weighted by atomic mass is 32.2. The number of carbonyl (C=O) groups excluding carboxylic acids is 2. The molecule has 0 aromatic heterocycles. The van der Waals surface area contributed by atoms with Crippen LogP contribution < -0.4 is 5.32 Å². The maximum Gasteiger partial charge on any atom is 0.305 e. The number of esters is 1. The third-order valence-corrected chi connectivity index (χ3v) is 6.86. The van der Waals surface area contributed by atoms with E-state index in [-0.39, 0.29) is 23.2 Å². The van der Waals surface area contributed by atoms with E-state index in [2.05, 4.69) is 10.1 Å². The second kappa shape index (κ2) is 9.79. The van der Waals surface area contributed by atoms with Crippen molar-refractivity contribution in [1.29, 1.82) is 0 Å². The Labute approximate surface area is 202 Å². The molecule has 0 saturated heterocycles. The van der Waals surface area contributed by atoms with E-state index < -0.39 is 21.6 Å². The summed E-state index contributed by atoms with van der Waals surface area (Å²) >= 11 is 0. The molecule has 1 aliphatic heterocycles. The number of aliphatic imine (C=N–C) groups is 1. The lowest BCUT2D eigenvalue weighted by Gasteiger charge is -2.15. The van der Waals surface area contributed by atoms with Gasteiger partial charge in [-0.15, -0.1) is 0 Å². The summed E-state index contributed by atoms with van der Waals surface area (Å²) < 4.78 is 42.0. The summed E-state index contributed by atoms with van der Waals surface area (Å²) in [6.45, 7) is 0. The molecule has 4 rings (SSSR count). The molecule has 0 radical (unpaired) electrons. The number of aryl methyl sites for hydroxylation is 1. The molecule has 0 saturated carbocycles. The van der Waals surface area contributed by atoms with Gasteiger partial charge in [0, 0.05) is 18.4 Å². The van der Waals surface area contributed by atoms with Gasteiger partial charge in [-0.2, -0.15) is 0 Å². The predicted molar refractivity (Wildman–Crippen MR) is 130 cm³/mol. The molecule has 0 spiro atoms. The first kappa shape index (κ1) is 24.3. The van der Waals surface area contributed by atoms with Crippen molar-refractivity contribution in [2.75, 3.05) is 18.7 Å². The predicted octanol–water partition coefficient (Wildman–Crippen LogP) is 4.19. The standard InChI is InChI=1S/C26H23FN2O5S/c1-34-23(30)14-5-16-3-6-17(7-4-16)25(28-19-9-11-20(12-10-19)35(2,32)33)24-21-13-8-18(27)15-22(21)29-26(24)31/h3-4,6-13,15,24H,5,14H2,1-2H3,(H,29,31). The number of fused-ring (bicyclic) bond motifs is 1. The van der Waals surface area contributed by atoms with Crippen LogP contribution in [0.1, 0.15) is 29.0 Å². The van der Waals surface area contributed by atoms with E-state index in [0.29, 0.717) is 34.6 Å². The molecule has 3 aromatic carbocycles. The van der Waals surface area contributed by atoms with E-state index in [9.17, 15) is 22.4 Å². The molecule has 7 nitrogen and oxygen atoms in total. The summed E-state index contributed by atoms with van der Waals surface area (Å²) in [7, 11) is -2.03. The van der Waals surface area contributed by atoms with E-state index in [0.717, 1.165) is 11.8 Å². The normalized spacial score (nSPS) is 15.5. The molecule has 35 heavy (non-hydrogen) atoms. The molecule has 0 fully saturated rings. The molecule has 1 unspecified atom stereocenters. The van der Waals surface area contributed by atoms with Crippen LogP contribution in [0.2, 0.25) is 0 Å². The summed E-state index contributed by atoms with van der Waals surface area (Å²) in [4.78, 5) is 29.3. The molecule has 0 bridgehead atoms. The molecular formula is C26H23FN2O5S. The molecule has 3 aromatic rings. The molecule has 1 aliphatic rings.